The highest BCUT2D eigenvalue weighted by Crippen LogP contribution is 2.34. The van der Waals surface area contributed by atoms with Crippen LogP contribution in [0.25, 0.3) is 11.3 Å². The van der Waals surface area contributed by atoms with Crippen LogP contribution in [0.1, 0.15) is 15.9 Å². The molecule has 4 aromatic rings. The Balaban J connectivity index is 1.36. The van der Waals surface area contributed by atoms with Gasteiger partial charge in [-0.05, 0) is 60.2 Å². The van der Waals surface area contributed by atoms with Gasteiger partial charge in [0.1, 0.15) is 10.7 Å². The van der Waals surface area contributed by atoms with Gasteiger partial charge in [0.2, 0.25) is 0 Å². The van der Waals surface area contributed by atoms with Crippen molar-refractivity contribution in [2.24, 2.45) is 0 Å². The smallest absolute Gasteiger partial charge is 0.336 e. The lowest BCUT2D eigenvalue weighted by Gasteiger charge is -2.29. The Bertz CT molecular complexity index is 1530. The molecule has 1 aliphatic rings. The quantitative estimate of drug-likeness (QED) is 0.354. The summed E-state index contributed by atoms with van der Waals surface area (Å²) in [5.74, 6) is 0.148. The van der Waals surface area contributed by atoms with Crippen LogP contribution >= 0.6 is 0 Å². The van der Waals surface area contributed by atoms with E-state index in [-0.39, 0.29) is 23.0 Å². The number of nitrogens with two attached hydrogens (primary N) is 1. The summed E-state index contributed by atoms with van der Waals surface area (Å²) in [5, 5.41) is 5.36. The molecule has 2 heterocycles. The van der Waals surface area contributed by atoms with Crippen LogP contribution < -0.4 is 16.4 Å². The number of nitrogens with one attached hydrogen (secondary N) is 2. The lowest BCUT2D eigenvalue weighted by Crippen LogP contribution is -2.43. The van der Waals surface area contributed by atoms with Crippen molar-refractivity contribution in [3.63, 3.8) is 0 Å². The van der Waals surface area contributed by atoms with Crippen LogP contribution in [0.15, 0.2) is 94.4 Å². The highest BCUT2D eigenvalue weighted by atomic mass is 32.2. The third kappa shape index (κ3) is 4.22. The zero-order valence-electron chi connectivity index (χ0n) is 18.3. The van der Waals surface area contributed by atoms with Crippen molar-refractivity contribution < 1.29 is 22.4 Å². The molecule has 0 saturated carbocycles. The van der Waals surface area contributed by atoms with Crippen LogP contribution in [0.3, 0.4) is 0 Å². The van der Waals surface area contributed by atoms with Gasteiger partial charge in [0.15, 0.2) is 0 Å². The molecule has 0 saturated heterocycles. The molecule has 10 heteroatoms. The first-order valence-electron chi connectivity index (χ1n) is 10.6. The second-order valence-corrected chi connectivity index (χ2v) is 9.70. The molecule has 4 N–H and O–H groups in total. The average molecular weight is 489 g/mol. The molecule has 0 atom stereocenters. The molecule has 1 aromatic heterocycles. The Morgan fingerprint density at radius 1 is 1.00 bits per heavy atom. The number of fused-ring (bicyclic) bond motifs is 1. The van der Waals surface area contributed by atoms with Crippen molar-refractivity contribution in [2.75, 3.05) is 16.4 Å². The van der Waals surface area contributed by atoms with E-state index in [0.717, 1.165) is 4.31 Å². The van der Waals surface area contributed by atoms with Gasteiger partial charge in [0, 0.05) is 11.1 Å². The van der Waals surface area contributed by atoms with E-state index >= 15 is 0 Å². The van der Waals surface area contributed by atoms with Gasteiger partial charge in [0.05, 0.1) is 29.9 Å². The van der Waals surface area contributed by atoms with Crippen molar-refractivity contribution in [1.82, 2.24) is 4.31 Å². The Morgan fingerprint density at radius 3 is 2.49 bits per heavy atom. The van der Waals surface area contributed by atoms with E-state index in [4.69, 9.17) is 10.2 Å². The number of anilines is 3. The zero-order valence-corrected chi connectivity index (χ0v) is 19.1. The molecule has 1 aliphatic heterocycles. The molecule has 5 rings (SSSR count). The number of para-hydroxylation sites is 2. The van der Waals surface area contributed by atoms with E-state index in [2.05, 4.69) is 10.6 Å². The largest absolute Gasteiger partial charge is 0.464 e. The predicted octanol–water partition coefficient (Wildman–Crippen LogP) is 4.52. The van der Waals surface area contributed by atoms with Gasteiger partial charge in [-0.15, -0.1) is 0 Å². The van der Waals surface area contributed by atoms with Crippen LogP contribution in [0.5, 0.6) is 0 Å². The number of urea groups is 1. The zero-order chi connectivity index (χ0) is 24.6. The Labute approximate surface area is 201 Å². The predicted molar refractivity (Wildman–Crippen MR) is 131 cm³/mol. The fourth-order valence-electron chi connectivity index (χ4n) is 3.73. The van der Waals surface area contributed by atoms with Crippen molar-refractivity contribution in [3.8, 4) is 11.3 Å². The SMILES string of the molecule is Nc1ccccc1NC(=O)c1ccc(CN2C(=O)Nc3ccc(-c4ccco4)cc3S2(=O)=O)cc1. The van der Waals surface area contributed by atoms with Gasteiger partial charge in [-0.1, -0.05) is 24.3 Å². The Kier molecular flexibility index (Phi) is 5.50. The lowest BCUT2D eigenvalue weighted by molar-refractivity contribution is 0.102. The summed E-state index contributed by atoms with van der Waals surface area (Å²) in [6.45, 7) is -0.202. The number of carbonyl (C=O) groups is 2. The van der Waals surface area contributed by atoms with Gasteiger partial charge in [-0.2, -0.15) is 0 Å². The van der Waals surface area contributed by atoms with Gasteiger partial charge in [0.25, 0.3) is 15.9 Å². The first-order valence-corrected chi connectivity index (χ1v) is 12.0. The summed E-state index contributed by atoms with van der Waals surface area (Å²) < 4.78 is 32.7. The van der Waals surface area contributed by atoms with Crippen molar-refractivity contribution >= 4 is 39.0 Å². The molecule has 3 aromatic carbocycles. The monoisotopic (exact) mass is 488 g/mol. The van der Waals surface area contributed by atoms with Crippen LogP contribution in [-0.2, 0) is 16.6 Å². The first kappa shape index (κ1) is 22.2. The van der Waals surface area contributed by atoms with Gasteiger partial charge in [-0.3, -0.25) is 4.79 Å². The van der Waals surface area contributed by atoms with E-state index in [1.807, 2.05) is 0 Å². The first-order chi connectivity index (χ1) is 16.8. The van der Waals surface area contributed by atoms with Gasteiger partial charge in [-0.25, -0.2) is 17.5 Å². The minimum absolute atomic E-state index is 0.0255. The standard InChI is InChI=1S/C25H20N4O5S/c26-19-4-1-2-5-20(19)27-24(30)17-9-7-16(8-10-17)15-29-25(31)28-21-12-11-18(22-6-3-13-34-22)14-23(21)35(29,32)33/h1-14H,15,26H2,(H,27,30)(H,28,31). The van der Waals surface area contributed by atoms with Crippen molar-refractivity contribution in [3.05, 3.63) is 96.3 Å². The maximum absolute atomic E-state index is 13.3. The Hall–Kier alpha value is -4.57. The number of hydrogen-bond donors (Lipinski definition) is 3. The number of carbonyl (C=O) groups excluding carboxylic acids is 2. The minimum atomic E-state index is -4.13. The van der Waals surface area contributed by atoms with Crippen LogP contribution in [-0.4, -0.2) is 24.7 Å². The number of hydrogen-bond acceptors (Lipinski definition) is 6. The highest BCUT2D eigenvalue weighted by molar-refractivity contribution is 7.90. The summed E-state index contributed by atoms with van der Waals surface area (Å²) in [6.07, 6.45) is 1.50. The molecular weight excluding hydrogens is 468 g/mol. The molecule has 0 bridgehead atoms. The fourth-order valence-corrected chi connectivity index (χ4v) is 5.22. The van der Waals surface area contributed by atoms with Crippen LogP contribution in [0.4, 0.5) is 21.9 Å². The Morgan fingerprint density at radius 2 is 1.77 bits per heavy atom. The van der Waals surface area contributed by atoms with E-state index in [1.165, 1.54) is 18.4 Å². The van der Waals surface area contributed by atoms with Crippen LogP contribution in [0.2, 0.25) is 0 Å². The molecule has 0 radical (unpaired) electrons. The summed E-state index contributed by atoms with van der Waals surface area (Å²) >= 11 is 0. The van der Waals surface area contributed by atoms with E-state index < -0.39 is 16.1 Å². The molecular formula is C25H20N4O5S. The van der Waals surface area contributed by atoms with Crippen molar-refractivity contribution in [2.45, 2.75) is 11.4 Å². The summed E-state index contributed by atoms with van der Waals surface area (Å²) in [7, 11) is -4.13. The second-order valence-electron chi connectivity index (χ2n) is 7.87. The minimum Gasteiger partial charge on any atom is -0.464 e. The number of nitrogens with zero attached hydrogens (tertiary/aromatic N) is 1. The average Bonchev–Trinajstić information content (AvgIpc) is 3.39. The van der Waals surface area contributed by atoms with Gasteiger partial charge < -0.3 is 20.8 Å². The topological polar surface area (TPSA) is 135 Å². The third-order valence-corrected chi connectivity index (χ3v) is 7.34. The molecule has 176 valence electrons. The molecule has 0 spiro atoms. The number of furan rings is 1. The normalized spacial score (nSPS) is 14.2. The molecule has 0 fully saturated rings. The second kappa shape index (κ2) is 8.65. The van der Waals surface area contributed by atoms with Crippen LogP contribution in [0, 0.1) is 0 Å². The molecule has 0 unspecified atom stereocenters. The molecule has 3 amide bonds. The van der Waals surface area contributed by atoms with E-state index in [0.29, 0.717) is 33.8 Å². The van der Waals surface area contributed by atoms with Crippen molar-refractivity contribution in [1.29, 1.82) is 0 Å². The molecule has 9 nitrogen and oxygen atoms in total. The molecule has 0 aliphatic carbocycles. The summed E-state index contributed by atoms with van der Waals surface area (Å²) in [5.41, 5.74) is 8.46. The number of rotatable bonds is 5. The molecule has 35 heavy (non-hydrogen) atoms. The van der Waals surface area contributed by atoms with E-state index in [1.54, 1.807) is 66.7 Å². The number of amides is 3. The maximum Gasteiger partial charge on any atom is 0.336 e. The number of sulfonamides is 1. The summed E-state index contributed by atoms with van der Waals surface area (Å²) in [4.78, 5) is 25.2. The fraction of sp³-hybridized carbons (Fsp3) is 0.0400. The van der Waals surface area contributed by atoms with Gasteiger partial charge >= 0.3 is 6.03 Å². The lowest BCUT2D eigenvalue weighted by atomic mass is 10.1. The van der Waals surface area contributed by atoms with E-state index in [9.17, 15) is 18.0 Å². The third-order valence-electron chi connectivity index (χ3n) is 5.57. The number of benzene rings is 3. The summed E-state index contributed by atoms with van der Waals surface area (Å²) in [6, 6.07) is 20.5. The maximum atomic E-state index is 13.3. The number of nitrogen functional groups attached to an aromatic ring is 1. The highest BCUT2D eigenvalue weighted by Gasteiger charge is 2.37.